The van der Waals surface area contributed by atoms with Gasteiger partial charge in [-0.25, -0.2) is 4.79 Å². The van der Waals surface area contributed by atoms with Crippen LogP contribution >= 0.6 is 12.2 Å². The van der Waals surface area contributed by atoms with E-state index in [9.17, 15) is 4.79 Å². The first kappa shape index (κ1) is 16.8. The monoisotopic (exact) mass is 346 g/mol. The molecular formula is C18H22N2O3S. The van der Waals surface area contributed by atoms with Crippen LogP contribution in [0.3, 0.4) is 0 Å². The fraction of sp³-hybridized carbons (Fsp3) is 0.444. The summed E-state index contributed by atoms with van der Waals surface area (Å²) >= 11 is 5.32. The number of fused-ring (bicyclic) bond motifs is 1. The summed E-state index contributed by atoms with van der Waals surface area (Å²) in [5, 5.41) is 0. The van der Waals surface area contributed by atoms with Crippen LogP contribution in [-0.2, 0) is 25.8 Å². The second-order valence-electron chi connectivity index (χ2n) is 5.98. The van der Waals surface area contributed by atoms with Gasteiger partial charge in [0.05, 0.1) is 14.2 Å². The fourth-order valence-corrected chi connectivity index (χ4v) is 3.62. The molecule has 0 saturated carbocycles. The highest BCUT2D eigenvalue weighted by molar-refractivity contribution is 7.71. The Morgan fingerprint density at radius 1 is 1.17 bits per heavy atom. The molecule has 0 saturated heterocycles. The lowest BCUT2D eigenvalue weighted by molar-refractivity contribution is 0.354. The Morgan fingerprint density at radius 2 is 1.92 bits per heavy atom. The highest BCUT2D eigenvalue weighted by atomic mass is 32.1. The summed E-state index contributed by atoms with van der Waals surface area (Å²) in [5.41, 5.74) is 3.24. The van der Waals surface area contributed by atoms with Gasteiger partial charge in [-0.05, 0) is 49.8 Å². The molecule has 1 heterocycles. The molecule has 24 heavy (non-hydrogen) atoms. The SMILES string of the molecule is COc1ccc(CCn2c3c(c(=S)[nH]c2=O)CCCC3)cc1OC. The minimum atomic E-state index is -0.110. The lowest BCUT2D eigenvalue weighted by atomic mass is 9.97. The average molecular weight is 346 g/mol. The lowest BCUT2D eigenvalue weighted by Crippen LogP contribution is -2.30. The molecule has 6 heteroatoms. The number of methoxy groups -OCH3 is 2. The van der Waals surface area contributed by atoms with Crippen LogP contribution in [0.15, 0.2) is 23.0 Å². The number of ether oxygens (including phenoxy) is 2. The molecule has 1 aromatic carbocycles. The highest BCUT2D eigenvalue weighted by Crippen LogP contribution is 2.28. The molecule has 1 aliphatic rings. The zero-order valence-electron chi connectivity index (χ0n) is 14.1. The Bertz CT molecular complexity index is 854. The molecule has 1 aliphatic carbocycles. The number of aromatic nitrogens is 2. The summed E-state index contributed by atoms with van der Waals surface area (Å²) < 4.78 is 13.1. The van der Waals surface area contributed by atoms with Crippen LogP contribution in [0.1, 0.15) is 29.7 Å². The Labute approximate surface area is 146 Å². The molecule has 0 fully saturated rings. The van der Waals surface area contributed by atoms with Crippen molar-refractivity contribution < 1.29 is 9.47 Å². The summed E-state index contributed by atoms with van der Waals surface area (Å²) in [5.74, 6) is 1.41. The Kier molecular flexibility index (Phi) is 5.04. The van der Waals surface area contributed by atoms with Crippen molar-refractivity contribution in [1.82, 2.24) is 9.55 Å². The van der Waals surface area contributed by atoms with E-state index in [0.29, 0.717) is 22.7 Å². The van der Waals surface area contributed by atoms with Gasteiger partial charge in [-0.15, -0.1) is 0 Å². The number of aromatic amines is 1. The number of hydrogen-bond donors (Lipinski definition) is 1. The molecule has 2 aromatic rings. The highest BCUT2D eigenvalue weighted by Gasteiger charge is 2.16. The first-order chi connectivity index (χ1) is 11.6. The molecule has 5 nitrogen and oxygen atoms in total. The van der Waals surface area contributed by atoms with Gasteiger partial charge in [-0.1, -0.05) is 18.3 Å². The van der Waals surface area contributed by atoms with E-state index in [1.54, 1.807) is 14.2 Å². The third-order valence-corrected chi connectivity index (χ3v) is 4.92. The van der Waals surface area contributed by atoms with E-state index in [1.807, 2.05) is 22.8 Å². The second-order valence-corrected chi connectivity index (χ2v) is 6.39. The quantitative estimate of drug-likeness (QED) is 0.846. The molecule has 1 aromatic heterocycles. The molecule has 128 valence electrons. The second kappa shape index (κ2) is 7.21. The van der Waals surface area contributed by atoms with E-state index in [2.05, 4.69) is 4.98 Å². The Morgan fingerprint density at radius 3 is 2.67 bits per heavy atom. The maximum Gasteiger partial charge on any atom is 0.326 e. The average Bonchev–Trinajstić information content (AvgIpc) is 2.61. The first-order valence-electron chi connectivity index (χ1n) is 8.20. The van der Waals surface area contributed by atoms with Gasteiger partial charge in [0, 0.05) is 17.8 Å². The summed E-state index contributed by atoms with van der Waals surface area (Å²) in [6.45, 7) is 0.628. The first-order valence-corrected chi connectivity index (χ1v) is 8.60. The molecule has 3 rings (SSSR count). The Hall–Kier alpha value is -2.08. The molecule has 0 bridgehead atoms. The van der Waals surface area contributed by atoms with Crippen LogP contribution in [0.2, 0.25) is 0 Å². The normalized spacial score (nSPS) is 13.4. The van der Waals surface area contributed by atoms with E-state index in [1.165, 1.54) is 0 Å². The maximum absolute atomic E-state index is 12.4. The van der Waals surface area contributed by atoms with E-state index >= 15 is 0 Å². The molecular weight excluding hydrogens is 324 g/mol. The Balaban J connectivity index is 1.88. The van der Waals surface area contributed by atoms with Crippen molar-refractivity contribution in [2.24, 2.45) is 0 Å². The number of nitrogens with zero attached hydrogens (tertiary/aromatic N) is 1. The fourth-order valence-electron chi connectivity index (χ4n) is 3.31. The number of hydrogen-bond acceptors (Lipinski definition) is 4. The van der Waals surface area contributed by atoms with Gasteiger partial charge in [0.2, 0.25) is 0 Å². The number of H-pyrrole nitrogens is 1. The van der Waals surface area contributed by atoms with Crippen LogP contribution in [0.25, 0.3) is 0 Å². The van der Waals surface area contributed by atoms with Crippen molar-refractivity contribution in [3.8, 4) is 11.5 Å². The lowest BCUT2D eigenvalue weighted by Gasteiger charge is -2.20. The van der Waals surface area contributed by atoms with Gasteiger partial charge in [0.1, 0.15) is 4.64 Å². The van der Waals surface area contributed by atoms with Crippen molar-refractivity contribution in [3.05, 3.63) is 50.1 Å². The van der Waals surface area contributed by atoms with Crippen LogP contribution < -0.4 is 15.2 Å². The van der Waals surface area contributed by atoms with E-state index < -0.39 is 0 Å². The number of nitrogens with one attached hydrogen (secondary N) is 1. The predicted molar refractivity (Wildman–Crippen MR) is 95.8 cm³/mol. The van der Waals surface area contributed by atoms with Gasteiger partial charge in [-0.2, -0.15) is 0 Å². The summed E-state index contributed by atoms with van der Waals surface area (Å²) in [6.07, 6.45) is 4.88. The van der Waals surface area contributed by atoms with Gasteiger partial charge in [0.15, 0.2) is 11.5 Å². The molecule has 0 unspecified atom stereocenters. The third kappa shape index (κ3) is 3.24. The van der Waals surface area contributed by atoms with Crippen LogP contribution in [-0.4, -0.2) is 23.8 Å². The number of rotatable bonds is 5. The minimum Gasteiger partial charge on any atom is -0.493 e. The molecule has 0 aliphatic heterocycles. The molecule has 1 N–H and O–H groups in total. The third-order valence-electron chi connectivity index (χ3n) is 4.58. The van der Waals surface area contributed by atoms with Crippen molar-refractivity contribution >= 4 is 12.2 Å². The van der Waals surface area contributed by atoms with E-state index in [0.717, 1.165) is 48.9 Å². The van der Waals surface area contributed by atoms with E-state index in [4.69, 9.17) is 21.7 Å². The largest absolute Gasteiger partial charge is 0.493 e. The zero-order chi connectivity index (χ0) is 17.1. The number of benzene rings is 1. The standard InChI is InChI=1S/C18H22N2O3S/c1-22-15-8-7-12(11-16(15)23-2)9-10-20-14-6-4-3-5-13(14)17(24)19-18(20)21/h7-8,11H,3-6,9-10H2,1-2H3,(H,19,21,24). The molecule has 0 amide bonds. The van der Waals surface area contributed by atoms with Crippen molar-refractivity contribution in [3.63, 3.8) is 0 Å². The molecule has 0 atom stereocenters. The zero-order valence-corrected chi connectivity index (χ0v) is 14.9. The van der Waals surface area contributed by atoms with Gasteiger partial charge in [0.25, 0.3) is 0 Å². The van der Waals surface area contributed by atoms with Crippen LogP contribution in [0.5, 0.6) is 11.5 Å². The smallest absolute Gasteiger partial charge is 0.326 e. The summed E-state index contributed by atoms with van der Waals surface area (Å²) in [6, 6.07) is 5.86. The van der Waals surface area contributed by atoms with Gasteiger partial charge in [-0.3, -0.25) is 9.55 Å². The van der Waals surface area contributed by atoms with Crippen molar-refractivity contribution in [2.45, 2.75) is 38.6 Å². The molecule has 0 spiro atoms. The van der Waals surface area contributed by atoms with Gasteiger partial charge < -0.3 is 9.47 Å². The summed E-state index contributed by atoms with van der Waals surface area (Å²) in [7, 11) is 3.25. The topological polar surface area (TPSA) is 56.2 Å². The van der Waals surface area contributed by atoms with Gasteiger partial charge >= 0.3 is 5.69 Å². The van der Waals surface area contributed by atoms with E-state index in [-0.39, 0.29) is 5.69 Å². The van der Waals surface area contributed by atoms with Crippen LogP contribution in [0.4, 0.5) is 0 Å². The van der Waals surface area contributed by atoms with Crippen LogP contribution in [0, 0.1) is 4.64 Å². The minimum absolute atomic E-state index is 0.110. The number of aryl methyl sites for hydroxylation is 1. The molecule has 0 radical (unpaired) electrons. The maximum atomic E-state index is 12.4. The van der Waals surface area contributed by atoms with Crippen molar-refractivity contribution in [1.29, 1.82) is 0 Å². The summed E-state index contributed by atoms with van der Waals surface area (Å²) in [4.78, 5) is 15.2. The predicted octanol–water partition coefficient (Wildman–Crippen LogP) is 3.04. The van der Waals surface area contributed by atoms with Crippen molar-refractivity contribution in [2.75, 3.05) is 14.2 Å².